The summed E-state index contributed by atoms with van der Waals surface area (Å²) in [5.41, 5.74) is 6.74. The number of rotatable bonds is 6. The van der Waals surface area contributed by atoms with E-state index < -0.39 is 5.91 Å². The minimum atomic E-state index is -0.512. The summed E-state index contributed by atoms with van der Waals surface area (Å²) in [5, 5.41) is 3.48. The Balaban J connectivity index is 2.26. The Bertz CT molecular complexity index is 613. The fourth-order valence-corrected chi connectivity index (χ4v) is 2.39. The van der Waals surface area contributed by atoms with Gasteiger partial charge in [-0.15, -0.1) is 0 Å². The molecule has 118 valence electrons. The van der Waals surface area contributed by atoms with Gasteiger partial charge in [0.05, 0.1) is 6.04 Å². The maximum atomic E-state index is 11.6. The molecule has 22 heavy (non-hydrogen) atoms. The highest BCUT2D eigenvalue weighted by Gasteiger charge is 2.20. The molecule has 0 saturated carbocycles. The number of nitrogens with two attached hydrogens (primary N) is 1. The number of nitrogens with one attached hydrogen (secondary N) is 1. The van der Waals surface area contributed by atoms with E-state index >= 15 is 0 Å². The molecule has 1 heterocycles. The van der Waals surface area contributed by atoms with Gasteiger partial charge in [0.25, 0.3) is 5.91 Å². The zero-order valence-corrected chi connectivity index (χ0v) is 13.4. The first kappa shape index (κ1) is 16.2. The highest BCUT2D eigenvalue weighted by molar-refractivity contribution is 5.89. The van der Waals surface area contributed by atoms with E-state index in [0.29, 0.717) is 6.54 Å². The smallest absolute Gasteiger partial charge is 0.284 e. The second kappa shape index (κ2) is 6.75. The summed E-state index contributed by atoms with van der Waals surface area (Å²) in [6.07, 6.45) is 3.41. The molecular formula is C17H24N4O. The number of hydrogen-bond acceptors (Lipinski definition) is 3. The maximum Gasteiger partial charge on any atom is 0.284 e. The van der Waals surface area contributed by atoms with Crippen molar-refractivity contribution in [3.8, 4) is 0 Å². The predicted molar refractivity (Wildman–Crippen MR) is 87.7 cm³/mol. The van der Waals surface area contributed by atoms with E-state index in [1.807, 2.05) is 34.9 Å². The lowest BCUT2D eigenvalue weighted by atomic mass is 9.96. The fourth-order valence-electron chi connectivity index (χ4n) is 2.39. The van der Waals surface area contributed by atoms with Crippen LogP contribution in [0.2, 0.25) is 0 Å². The zero-order chi connectivity index (χ0) is 16.2. The molecule has 0 spiro atoms. The monoisotopic (exact) mass is 300 g/mol. The molecule has 0 aliphatic heterocycles. The molecule has 0 unspecified atom stereocenters. The average Bonchev–Trinajstić information content (AvgIpc) is 2.93. The van der Waals surface area contributed by atoms with Crippen molar-refractivity contribution in [2.24, 2.45) is 11.1 Å². The standard InChI is InChI=1S/C17H24N4O/c1-17(2,3)12-19-11-14(13-7-5-4-6-8-13)21-10-9-20-16(21)15(18)22/h4-10,14,19H,11-12H2,1-3H3,(H2,18,22)/t14-/m1/s1. The normalized spacial score (nSPS) is 13.0. The van der Waals surface area contributed by atoms with Crippen LogP contribution in [0.4, 0.5) is 0 Å². The van der Waals surface area contributed by atoms with Crippen LogP contribution in [-0.2, 0) is 0 Å². The highest BCUT2D eigenvalue weighted by Crippen LogP contribution is 2.20. The number of imidazole rings is 1. The summed E-state index contributed by atoms with van der Waals surface area (Å²) in [4.78, 5) is 15.6. The maximum absolute atomic E-state index is 11.6. The Morgan fingerprint density at radius 1 is 1.32 bits per heavy atom. The van der Waals surface area contributed by atoms with Crippen LogP contribution in [0.25, 0.3) is 0 Å². The molecule has 0 saturated heterocycles. The van der Waals surface area contributed by atoms with E-state index in [1.54, 1.807) is 12.4 Å². The molecule has 0 fully saturated rings. The van der Waals surface area contributed by atoms with Crippen molar-refractivity contribution in [2.45, 2.75) is 26.8 Å². The van der Waals surface area contributed by atoms with Gasteiger partial charge < -0.3 is 15.6 Å². The molecule has 2 aromatic rings. The summed E-state index contributed by atoms with van der Waals surface area (Å²) >= 11 is 0. The van der Waals surface area contributed by atoms with Crippen molar-refractivity contribution in [3.05, 3.63) is 54.1 Å². The summed E-state index contributed by atoms with van der Waals surface area (Å²) in [6.45, 7) is 8.14. The van der Waals surface area contributed by atoms with Gasteiger partial charge in [-0.3, -0.25) is 4.79 Å². The topological polar surface area (TPSA) is 72.9 Å². The number of primary amides is 1. The zero-order valence-electron chi connectivity index (χ0n) is 13.4. The molecule has 5 nitrogen and oxygen atoms in total. The Labute approximate surface area is 131 Å². The molecule has 1 amide bonds. The van der Waals surface area contributed by atoms with Crippen molar-refractivity contribution in [2.75, 3.05) is 13.1 Å². The highest BCUT2D eigenvalue weighted by atomic mass is 16.1. The van der Waals surface area contributed by atoms with E-state index in [1.165, 1.54) is 0 Å². The van der Waals surface area contributed by atoms with Crippen LogP contribution in [0.5, 0.6) is 0 Å². The van der Waals surface area contributed by atoms with Crippen LogP contribution in [-0.4, -0.2) is 28.5 Å². The van der Waals surface area contributed by atoms with Gasteiger partial charge in [-0.2, -0.15) is 0 Å². The molecule has 0 aliphatic carbocycles. The van der Waals surface area contributed by atoms with Crippen LogP contribution in [0.3, 0.4) is 0 Å². The summed E-state index contributed by atoms with van der Waals surface area (Å²) in [6, 6.07) is 10.0. The number of benzene rings is 1. The third-order valence-electron chi connectivity index (χ3n) is 3.40. The van der Waals surface area contributed by atoms with Crippen molar-refractivity contribution in [1.29, 1.82) is 0 Å². The lowest BCUT2D eigenvalue weighted by molar-refractivity contribution is 0.0985. The number of amides is 1. The van der Waals surface area contributed by atoms with E-state index in [0.717, 1.165) is 12.1 Å². The Morgan fingerprint density at radius 2 is 2.00 bits per heavy atom. The van der Waals surface area contributed by atoms with Crippen LogP contribution < -0.4 is 11.1 Å². The summed E-state index contributed by atoms with van der Waals surface area (Å²) in [5.74, 6) is -0.229. The predicted octanol–water partition coefficient (Wildman–Crippen LogP) is 2.21. The van der Waals surface area contributed by atoms with Crippen molar-refractivity contribution >= 4 is 5.91 Å². The van der Waals surface area contributed by atoms with Crippen LogP contribution in [0.15, 0.2) is 42.7 Å². The molecule has 5 heteroatoms. The van der Waals surface area contributed by atoms with E-state index in [4.69, 9.17) is 5.73 Å². The molecule has 2 rings (SSSR count). The van der Waals surface area contributed by atoms with Gasteiger partial charge in [-0.1, -0.05) is 51.1 Å². The van der Waals surface area contributed by atoms with Gasteiger partial charge in [-0.05, 0) is 11.0 Å². The van der Waals surface area contributed by atoms with Gasteiger partial charge in [0, 0.05) is 25.5 Å². The quantitative estimate of drug-likeness (QED) is 0.859. The first-order valence-corrected chi connectivity index (χ1v) is 7.47. The van der Waals surface area contributed by atoms with Gasteiger partial charge in [0.15, 0.2) is 5.82 Å². The van der Waals surface area contributed by atoms with Gasteiger partial charge in [0.1, 0.15) is 0 Å². The van der Waals surface area contributed by atoms with Gasteiger partial charge >= 0.3 is 0 Å². The summed E-state index contributed by atoms with van der Waals surface area (Å²) < 4.78 is 1.84. The number of carbonyl (C=O) groups excluding carboxylic acids is 1. The molecule has 3 N–H and O–H groups in total. The fraction of sp³-hybridized carbons (Fsp3) is 0.412. The number of aromatic nitrogens is 2. The van der Waals surface area contributed by atoms with E-state index in [9.17, 15) is 4.79 Å². The van der Waals surface area contributed by atoms with Gasteiger partial charge in [0.2, 0.25) is 0 Å². The number of hydrogen-bond donors (Lipinski definition) is 2. The van der Waals surface area contributed by atoms with Crippen molar-refractivity contribution in [1.82, 2.24) is 14.9 Å². The Morgan fingerprint density at radius 3 is 2.59 bits per heavy atom. The minimum absolute atomic E-state index is 0.0199. The SMILES string of the molecule is CC(C)(C)CNC[C@H](c1ccccc1)n1ccnc1C(N)=O. The molecule has 1 atom stereocenters. The van der Waals surface area contributed by atoms with Crippen LogP contribution >= 0.6 is 0 Å². The molecular weight excluding hydrogens is 276 g/mol. The molecule has 1 aromatic carbocycles. The number of carbonyl (C=O) groups is 1. The first-order chi connectivity index (χ1) is 10.4. The van der Waals surface area contributed by atoms with Crippen molar-refractivity contribution < 1.29 is 4.79 Å². The molecule has 1 aromatic heterocycles. The molecule has 0 bridgehead atoms. The van der Waals surface area contributed by atoms with E-state index in [-0.39, 0.29) is 17.3 Å². The van der Waals surface area contributed by atoms with Crippen molar-refractivity contribution in [3.63, 3.8) is 0 Å². The third kappa shape index (κ3) is 4.18. The first-order valence-electron chi connectivity index (χ1n) is 7.47. The summed E-state index contributed by atoms with van der Waals surface area (Å²) in [7, 11) is 0. The third-order valence-corrected chi connectivity index (χ3v) is 3.40. The number of nitrogens with zero attached hydrogens (tertiary/aromatic N) is 2. The molecule has 0 radical (unpaired) electrons. The van der Waals surface area contributed by atoms with Gasteiger partial charge in [-0.25, -0.2) is 4.98 Å². The second-order valence-electron chi connectivity index (χ2n) is 6.64. The largest absolute Gasteiger partial charge is 0.363 e. The Hall–Kier alpha value is -2.14. The molecule has 0 aliphatic rings. The lowest BCUT2D eigenvalue weighted by Gasteiger charge is -2.24. The average molecular weight is 300 g/mol. The lowest BCUT2D eigenvalue weighted by Crippen LogP contribution is -2.34. The van der Waals surface area contributed by atoms with E-state index in [2.05, 4.69) is 31.1 Å². The second-order valence-corrected chi connectivity index (χ2v) is 6.64. The minimum Gasteiger partial charge on any atom is -0.363 e. The Kier molecular flexibility index (Phi) is 4.98. The van der Waals surface area contributed by atoms with Crippen LogP contribution in [0.1, 0.15) is 43.0 Å². The van der Waals surface area contributed by atoms with Crippen LogP contribution in [0, 0.1) is 5.41 Å².